The normalized spacial score (nSPS) is 10.4. The Labute approximate surface area is 114 Å². The predicted octanol–water partition coefficient (Wildman–Crippen LogP) is 2.40. The van der Waals surface area contributed by atoms with Gasteiger partial charge in [0.1, 0.15) is 0 Å². The van der Waals surface area contributed by atoms with Gasteiger partial charge in [-0.05, 0) is 30.7 Å². The first-order chi connectivity index (χ1) is 9.01. The topological polar surface area (TPSA) is 72.2 Å². The van der Waals surface area contributed by atoms with E-state index in [1.807, 2.05) is 0 Å². The number of halogens is 1. The minimum absolute atomic E-state index is 0.166. The number of aryl methyl sites for hydroxylation is 1. The highest BCUT2D eigenvalue weighted by molar-refractivity contribution is 6.31. The van der Waals surface area contributed by atoms with Gasteiger partial charge in [0.25, 0.3) is 0 Å². The smallest absolute Gasteiger partial charge is 0.335 e. The van der Waals surface area contributed by atoms with E-state index >= 15 is 0 Å². The number of rotatable bonds is 4. The van der Waals surface area contributed by atoms with E-state index in [4.69, 9.17) is 16.7 Å². The summed E-state index contributed by atoms with van der Waals surface area (Å²) in [5, 5.41) is 13.6. The number of carbonyl (C=O) groups is 2. The first kappa shape index (κ1) is 13.3. The summed E-state index contributed by atoms with van der Waals surface area (Å²) in [5.74, 6) is -1.01. The number of nitrogens with zero attached hydrogens (tertiary/aromatic N) is 2. The average Bonchev–Trinajstić information content (AvgIpc) is 2.72. The number of aldehydes is 1. The van der Waals surface area contributed by atoms with Gasteiger partial charge in [0.05, 0.1) is 23.4 Å². The summed E-state index contributed by atoms with van der Waals surface area (Å²) in [4.78, 5) is 21.7. The van der Waals surface area contributed by atoms with Crippen molar-refractivity contribution in [3.63, 3.8) is 0 Å². The summed E-state index contributed by atoms with van der Waals surface area (Å²) in [6.07, 6.45) is 2.33. The van der Waals surface area contributed by atoms with Crippen LogP contribution in [0.2, 0.25) is 5.02 Å². The molecular weight excluding hydrogens is 268 g/mol. The molecule has 1 aromatic carbocycles. The van der Waals surface area contributed by atoms with Crippen LogP contribution in [0, 0.1) is 6.92 Å². The number of hydrogen-bond donors (Lipinski definition) is 1. The molecule has 0 spiro atoms. The molecule has 0 unspecified atom stereocenters. The lowest BCUT2D eigenvalue weighted by molar-refractivity contribution is 0.0696. The van der Waals surface area contributed by atoms with Crippen molar-refractivity contribution in [2.45, 2.75) is 13.5 Å². The third-order valence-corrected chi connectivity index (χ3v) is 3.11. The van der Waals surface area contributed by atoms with Crippen LogP contribution >= 0.6 is 11.6 Å². The van der Waals surface area contributed by atoms with Gasteiger partial charge < -0.3 is 5.11 Å². The van der Waals surface area contributed by atoms with Crippen molar-refractivity contribution in [2.75, 3.05) is 0 Å². The molecule has 1 aromatic heterocycles. The third kappa shape index (κ3) is 2.82. The number of carbonyl (C=O) groups excluding carboxylic acids is 1. The van der Waals surface area contributed by atoms with E-state index in [1.165, 1.54) is 18.2 Å². The fourth-order valence-electron chi connectivity index (χ4n) is 1.73. The monoisotopic (exact) mass is 278 g/mol. The number of carboxylic acids is 1. The molecule has 98 valence electrons. The first-order valence-electron chi connectivity index (χ1n) is 5.52. The summed E-state index contributed by atoms with van der Waals surface area (Å²) < 4.78 is 1.56. The summed E-state index contributed by atoms with van der Waals surface area (Å²) >= 11 is 6.03. The van der Waals surface area contributed by atoms with Crippen LogP contribution in [-0.2, 0) is 6.54 Å². The maximum atomic E-state index is 10.9. The second-order valence-electron chi connectivity index (χ2n) is 4.10. The third-order valence-electron chi connectivity index (χ3n) is 2.74. The number of aromatic carboxylic acids is 1. The minimum Gasteiger partial charge on any atom is -0.478 e. The van der Waals surface area contributed by atoms with Crippen LogP contribution in [0.4, 0.5) is 0 Å². The maximum Gasteiger partial charge on any atom is 0.335 e. The zero-order valence-corrected chi connectivity index (χ0v) is 10.9. The number of hydrogen-bond acceptors (Lipinski definition) is 3. The van der Waals surface area contributed by atoms with Crippen LogP contribution in [0.25, 0.3) is 0 Å². The maximum absolute atomic E-state index is 10.9. The standard InChI is InChI=1S/C13H11ClN2O3/c1-8-11(7-17)6-16(15-8)5-10-4-9(13(18)19)2-3-12(10)14/h2-4,6-7H,5H2,1H3,(H,18,19). The molecule has 0 fully saturated rings. The van der Waals surface area contributed by atoms with Crippen molar-refractivity contribution in [3.8, 4) is 0 Å². The highest BCUT2D eigenvalue weighted by atomic mass is 35.5. The van der Waals surface area contributed by atoms with E-state index in [0.717, 1.165) is 6.29 Å². The number of carboxylic acid groups (broad SMARTS) is 1. The fourth-order valence-corrected chi connectivity index (χ4v) is 1.91. The van der Waals surface area contributed by atoms with Crippen molar-refractivity contribution in [1.82, 2.24) is 9.78 Å². The molecule has 0 aliphatic heterocycles. The van der Waals surface area contributed by atoms with Crippen LogP contribution in [-0.4, -0.2) is 27.1 Å². The molecule has 1 N–H and O–H groups in total. The molecular formula is C13H11ClN2O3. The van der Waals surface area contributed by atoms with Crippen LogP contribution < -0.4 is 0 Å². The molecule has 5 nitrogen and oxygen atoms in total. The SMILES string of the molecule is Cc1nn(Cc2cc(C(=O)O)ccc2Cl)cc1C=O. The van der Waals surface area contributed by atoms with E-state index in [9.17, 15) is 9.59 Å². The number of benzene rings is 1. The Kier molecular flexibility index (Phi) is 3.66. The van der Waals surface area contributed by atoms with E-state index in [0.29, 0.717) is 28.4 Å². The lowest BCUT2D eigenvalue weighted by Gasteiger charge is -2.06. The van der Waals surface area contributed by atoms with E-state index in [1.54, 1.807) is 17.8 Å². The van der Waals surface area contributed by atoms with Gasteiger partial charge in [0, 0.05) is 11.2 Å². The van der Waals surface area contributed by atoms with Crippen LogP contribution in [0.15, 0.2) is 24.4 Å². The quantitative estimate of drug-likeness (QED) is 0.872. The van der Waals surface area contributed by atoms with Crippen molar-refractivity contribution in [2.24, 2.45) is 0 Å². The molecule has 19 heavy (non-hydrogen) atoms. The molecule has 2 aromatic rings. The van der Waals surface area contributed by atoms with Gasteiger partial charge in [-0.25, -0.2) is 4.79 Å². The van der Waals surface area contributed by atoms with Crippen molar-refractivity contribution in [3.05, 3.63) is 51.8 Å². The fraction of sp³-hybridized carbons (Fsp3) is 0.154. The largest absolute Gasteiger partial charge is 0.478 e. The second-order valence-corrected chi connectivity index (χ2v) is 4.50. The molecule has 0 amide bonds. The van der Waals surface area contributed by atoms with E-state index in [2.05, 4.69) is 5.10 Å². The van der Waals surface area contributed by atoms with E-state index < -0.39 is 5.97 Å². The molecule has 0 atom stereocenters. The molecule has 0 bridgehead atoms. The van der Waals surface area contributed by atoms with Crippen LogP contribution in [0.5, 0.6) is 0 Å². The Morgan fingerprint density at radius 1 is 1.53 bits per heavy atom. The molecule has 1 heterocycles. The van der Waals surface area contributed by atoms with Crippen LogP contribution in [0.1, 0.15) is 32.0 Å². The van der Waals surface area contributed by atoms with Gasteiger partial charge >= 0.3 is 5.97 Å². The number of aromatic nitrogens is 2. The summed E-state index contributed by atoms with van der Waals surface area (Å²) in [7, 11) is 0. The first-order valence-corrected chi connectivity index (χ1v) is 5.90. The van der Waals surface area contributed by atoms with Gasteiger partial charge in [0.2, 0.25) is 0 Å². The van der Waals surface area contributed by atoms with Gasteiger partial charge in [-0.1, -0.05) is 11.6 Å². The second kappa shape index (κ2) is 5.24. The molecule has 0 aliphatic rings. The Morgan fingerprint density at radius 2 is 2.26 bits per heavy atom. The predicted molar refractivity (Wildman–Crippen MR) is 69.9 cm³/mol. The summed E-state index contributed by atoms with van der Waals surface area (Å²) in [6.45, 7) is 2.05. The molecule has 6 heteroatoms. The molecule has 0 saturated carbocycles. The van der Waals surface area contributed by atoms with Crippen molar-refractivity contribution >= 4 is 23.9 Å². The van der Waals surface area contributed by atoms with Crippen LogP contribution in [0.3, 0.4) is 0 Å². The Morgan fingerprint density at radius 3 is 2.84 bits per heavy atom. The van der Waals surface area contributed by atoms with Gasteiger partial charge in [0.15, 0.2) is 6.29 Å². The highest BCUT2D eigenvalue weighted by Gasteiger charge is 2.10. The Balaban J connectivity index is 2.34. The van der Waals surface area contributed by atoms with Crippen molar-refractivity contribution in [1.29, 1.82) is 0 Å². The Bertz CT molecular complexity index is 649. The average molecular weight is 279 g/mol. The minimum atomic E-state index is -1.01. The van der Waals surface area contributed by atoms with Gasteiger partial charge in [-0.2, -0.15) is 5.10 Å². The van der Waals surface area contributed by atoms with E-state index in [-0.39, 0.29) is 5.56 Å². The highest BCUT2D eigenvalue weighted by Crippen LogP contribution is 2.19. The van der Waals surface area contributed by atoms with Gasteiger partial charge in [-0.3, -0.25) is 9.48 Å². The molecule has 0 radical (unpaired) electrons. The summed E-state index contributed by atoms with van der Waals surface area (Å²) in [5.41, 5.74) is 1.94. The van der Waals surface area contributed by atoms with Gasteiger partial charge in [-0.15, -0.1) is 0 Å². The Hall–Kier alpha value is -2.14. The lowest BCUT2D eigenvalue weighted by atomic mass is 10.1. The zero-order valence-electron chi connectivity index (χ0n) is 10.1. The zero-order chi connectivity index (χ0) is 14.0. The summed E-state index contributed by atoms with van der Waals surface area (Å²) in [6, 6.07) is 4.49. The molecule has 2 rings (SSSR count). The lowest BCUT2D eigenvalue weighted by Crippen LogP contribution is -2.04. The molecule has 0 saturated heterocycles. The van der Waals surface area contributed by atoms with Crippen molar-refractivity contribution < 1.29 is 14.7 Å². The molecule has 0 aliphatic carbocycles.